The first kappa shape index (κ1) is 39.8. The van der Waals surface area contributed by atoms with Crippen molar-refractivity contribution in [3.05, 3.63) is 64.2 Å². The van der Waals surface area contributed by atoms with Crippen LogP contribution in [0.4, 0.5) is 0 Å². The van der Waals surface area contributed by atoms with Crippen molar-refractivity contribution in [2.45, 2.75) is 110 Å². The number of hydrogen-bond acceptors (Lipinski definition) is 8. The van der Waals surface area contributed by atoms with Crippen LogP contribution in [0, 0.1) is 18.3 Å². The molecule has 0 bridgehead atoms. The first-order chi connectivity index (χ1) is 25.1. The molecule has 53 heavy (non-hydrogen) atoms. The number of amides is 4. The van der Waals surface area contributed by atoms with Crippen molar-refractivity contribution in [3.8, 4) is 5.75 Å². The molecular formula is C40H52ClN5O7. The molecule has 13 heteroatoms. The number of oxime groups is 1. The van der Waals surface area contributed by atoms with Crippen molar-refractivity contribution in [3.63, 3.8) is 0 Å². The molecule has 3 aliphatic rings. The van der Waals surface area contributed by atoms with Crippen molar-refractivity contribution in [1.82, 2.24) is 20.9 Å². The Morgan fingerprint density at radius 2 is 1.79 bits per heavy atom. The Hall–Kier alpha value is -4.45. The fourth-order valence-corrected chi connectivity index (χ4v) is 7.67. The Labute approximate surface area is 316 Å². The zero-order valence-corrected chi connectivity index (χ0v) is 32.5. The second-order valence-corrected chi connectivity index (χ2v) is 15.9. The van der Waals surface area contributed by atoms with E-state index in [0.717, 1.165) is 23.1 Å². The van der Waals surface area contributed by atoms with Crippen molar-refractivity contribution in [1.29, 1.82) is 0 Å². The molecule has 12 nitrogen and oxygen atoms in total. The SMILES string of the molecule is CCCC[C@H](NC(=O)[C@@H]1C[C@]2(CC(c3cc(C)c(OCC)c(Cl)c3)=NO2)CN1C(=O)[C@@H](NC(=O)[C@@H]1C[C@H]1c1ccccc1)C(C)(C)C)C(=O)C(=O)NC. The number of halogens is 1. The molecule has 5 rings (SSSR count). The van der Waals surface area contributed by atoms with Crippen molar-refractivity contribution >= 4 is 46.7 Å². The number of ketones is 1. The highest BCUT2D eigenvalue weighted by Crippen LogP contribution is 2.48. The van der Waals surface area contributed by atoms with E-state index in [-0.39, 0.29) is 43.6 Å². The second-order valence-electron chi connectivity index (χ2n) is 15.5. The molecule has 2 aliphatic heterocycles. The van der Waals surface area contributed by atoms with Gasteiger partial charge < -0.3 is 30.4 Å². The minimum atomic E-state index is -1.08. The normalized spacial score (nSPS) is 23.1. The van der Waals surface area contributed by atoms with Gasteiger partial charge in [0.25, 0.3) is 5.91 Å². The Morgan fingerprint density at radius 1 is 1.08 bits per heavy atom. The van der Waals surface area contributed by atoms with Gasteiger partial charge in [0.05, 0.1) is 29.9 Å². The Bertz CT molecular complexity index is 1740. The number of nitrogens with zero attached hydrogens (tertiary/aromatic N) is 2. The lowest BCUT2D eigenvalue weighted by atomic mass is 9.85. The fourth-order valence-electron chi connectivity index (χ4n) is 7.35. The average molecular weight is 750 g/mol. The third kappa shape index (κ3) is 8.86. The smallest absolute Gasteiger partial charge is 0.289 e. The largest absolute Gasteiger partial charge is 0.492 e. The van der Waals surface area contributed by atoms with Gasteiger partial charge in [-0.05, 0) is 61.3 Å². The predicted molar refractivity (Wildman–Crippen MR) is 202 cm³/mol. The maximum atomic E-state index is 14.7. The van der Waals surface area contributed by atoms with Gasteiger partial charge in [-0.15, -0.1) is 0 Å². The minimum Gasteiger partial charge on any atom is -0.492 e. The average Bonchev–Trinajstić information content (AvgIpc) is 3.70. The summed E-state index contributed by atoms with van der Waals surface area (Å²) in [5.74, 6) is -2.44. The molecule has 0 radical (unpaired) electrons. The van der Waals surface area contributed by atoms with Crippen molar-refractivity contribution in [2.75, 3.05) is 20.2 Å². The summed E-state index contributed by atoms with van der Waals surface area (Å²) in [5.41, 5.74) is 1.43. The van der Waals surface area contributed by atoms with Crippen LogP contribution in [0.3, 0.4) is 0 Å². The van der Waals surface area contributed by atoms with Crippen LogP contribution in [0.1, 0.15) is 95.8 Å². The molecule has 1 saturated carbocycles. The number of unbranched alkanes of at least 4 members (excludes halogenated alkanes) is 1. The third-order valence-electron chi connectivity index (χ3n) is 10.4. The van der Waals surface area contributed by atoms with Gasteiger partial charge in [-0.25, -0.2) is 0 Å². The van der Waals surface area contributed by atoms with Gasteiger partial charge in [0.15, 0.2) is 5.60 Å². The fraction of sp³-hybridized carbons (Fsp3) is 0.550. The lowest BCUT2D eigenvalue weighted by Gasteiger charge is -2.35. The van der Waals surface area contributed by atoms with Crippen molar-refractivity contribution in [2.24, 2.45) is 16.5 Å². The number of rotatable bonds is 14. The van der Waals surface area contributed by atoms with Crippen LogP contribution in [0.15, 0.2) is 47.6 Å². The van der Waals surface area contributed by atoms with Gasteiger partial charge in [-0.2, -0.15) is 0 Å². The number of likely N-dealkylation sites (tertiary alicyclic amines) is 1. The molecule has 1 aliphatic carbocycles. The van der Waals surface area contributed by atoms with Gasteiger partial charge in [-0.3, -0.25) is 24.0 Å². The predicted octanol–water partition coefficient (Wildman–Crippen LogP) is 4.84. The molecule has 6 atom stereocenters. The number of ether oxygens (including phenoxy) is 1. The van der Waals surface area contributed by atoms with Crippen LogP contribution in [0.25, 0.3) is 0 Å². The van der Waals surface area contributed by atoms with E-state index in [4.69, 9.17) is 21.2 Å². The molecular weight excluding hydrogens is 698 g/mol. The number of benzene rings is 2. The Morgan fingerprint density at radius 3 is 2.42 bits per heavy atom. The molecule has 4 amide bonds. The van der Waals surface area contributed by atoms with Crippen LogP contribution in [-0.4, -0.2) is 83.9 Å². The molecule has 1 spiro atoms. The first-order valence-corrected chi connectivity index (χ1v) is 18.9. The Kier molecular flexibility index (Phi) is 12.2. The number of likely N-dealkylation sites (N-methyl/N-ethyl adjacent to an activating group) is 1. The number of carbonyl (C=O) groups excluding carboxylic acids is 5. The van der Waals surface area contributed by atoms with Gasteiger partial charge in [0.2, 0.25) is 23.5 Å². The number of nitrogens with one attached hydrogen (secondary N) is 3. The van der Waals surface area contributed by atoms with E-state index >= 15 is 0 Å². The van der Waals surface area contributed by atoms with Crippen LogP contribution >= 0.6 is 11.6 Å². The van der Waals surface area contributed by atoms with Gasteiger partial charge in [-0.1, -0.05) is 87.6 Å². The molecule has 286 valence electrons. The number of aryl methyl sites for hydroxylation is 1. The van der Waals surface area contributed by atoms with Crippen LogP contribution in [0.5, 0.6) is 5.75 Å². The lowest BCUT2D eigenvalue weighted by Crippen LogP contribution is -2.59. The first-order valence-electron chi connectivity index (χ1n) is 18.5. The quantitative estimate of drug-likeness (QED) is 0.234. The number of hydrogen-bond donors (Lipinski definition) is 3. The molecule has 0 aromatic heterocycles. The van der Waals surface area contributed by atoms with E-state index in [1.54, 1.807) is 6.07 Å². The molecule has 1 saturated heterocycles. The highest BCUT2D eigenvalue weighted by atomic mass is 35.5. The van der Waals surface area contributed by atoms with Crippen molar-refractivity contribution < 1.29 is 33.5 Å². The van der Waals surface area contributed by atoms with Gasteiger partial charge in [0, 0.05) is 31.4 Å². The summed E-state index contributed by atoms with van der Waals surface area (Å²) in [4.78, 5) is 75.7. The lowest BCUT2D eigenvalue weighted by molar-refractivity contribution is -0.145. The van der Waals surface area contributed by atoms with E-state index in [0.29, 0.717) is 35.9 Å². The van der Waals surface area contributed by atoms with Crippen LogP contribution in [0.2, 0.25) is 5.02 Å². The topological polar surface area (TPSA) is 156 Å². The van der Waals surface area contributed by atoms with Crippen LogP contribution < -0.4 is 20.7 Å². The van der Waals surface area contributed by atoms with Gasteiger partial charge >= 0.3 is 0 Å². The number of Topliss-reactive ketones (excluding diaryl/α,β-unsaturated/α-hetero) is 1. The summed E-state index contributed by atoms with van der Waals surface area (Å²) >= 11 is 6.59. The molecule has 2 heterocycles. The minimum absolute atomic E-state index is 0.00218. The van der Waals surface area contributed by atoms with Gasteiger partial charge in [0.1, 0.15) is 17.8 Å². The van der Waals surface area contributed by atoms with E-state index < -0.39 is 52.6 Å². The second kappa shape index (κ2) is 16.3. The summed E-state index contributed by atoms with van der Waals surface area (Å²) < 4.78 is 5.71. The Balaban J connectivity index is 1.42. The summed E-state index contributed by atoms with van der Waals surface area (Å²) in [5, 5.41) is 13.0. The molecule has 3 N–H and O–H groups in total. The monoisotopic (exact) mass is 749 g/mol. The zero-order chi connectivity index (χ0) is 38.7. The van der Waals surface area contributed by atoms with E-state index in [1.807, 2.05) is 77.9 Å². The summed E-state index contributed by atoms with van der Waals surface area (Å²) in [6.07, 6.45) is 2.62. The summed E-state index contributed by atoms with van der Waals surface area (Å²) in [6, 6.07) is 10.4. The molecule has 2 fully saturated rings. The zero-order valence-electron chi connectivity index (χ0n) is 31.7. The highest BCUT2D eigenvalue weighted by molar-refractivity contribution is 6.38. The summed E-state index contributed by atoms with van der Waals surface area (Å²) in [7, 11) is 1.36. The number of carbonyl (C=O) groups is 5. The summed E-state index contributed by atoms with van der Waals surface area (Å²) in [6.45, 7) is 11.8. The standard InChI is InChI=1S/C40H52ClN5O7/c1-8-10-16-29(32(47)37(50)42-7)43-36(49)31-21-40(20-30(45-53-40)25-17-23(3)33(52-9-2)28(41)18-25)22-46(31)38(51)34(39(4,5)6)44-35(48)27-19-26(27)24-14-12-11-13-15-24/h11-15,17-18,26-27,29,31,34H,8-10,16,19-22H2,1-7H3,(H,42,50)(H,43,49)(H,44,48)/t26-,27+,29-,31-,34+,40+/m0/s1. The van der Waals surface area contributed by atoms with E-state index in [2.05, 4.69) is 21.1 Å². The maximum absolute atomic E-state index is 14.7. The molecule has 2 aromatic rings. The third-order valence-corrected chi connectivity index (χ3v) is 10.6. The van der Waals surface area contributed by atoms with E-state index in [9.17, 15) is 24.0 Å². The molecule has 0 unspecified atom stereocenters. The maximum Gasteiger partial charge on any atom is 0.289 e. The molecule has 2 aromatic carbocycles. The highest BCUT2D eigenvalue weighted by Gasteiger charge is 2.56. The van der Waals surface area contributed by atoms with Crippen LogP contribution in [-0.2, 0) is 28.8 Å². The van der Waals surface area contributed by atoms with E-state index in [1.165, 1.54) is 11.9 Å².